The molecule has 2 nitrogen and oxygen atoms in total. The lowest BCUT2D eigenvalue weighted by Gasteiger charge is -2.20. The second-order valence-corrected chi connectivity index (χ2v) is 5.16. The first-order valence-corrected chi connectivity index (χ1v) is 7.47. The van der Waals surface area contributed by atoms with E-state index in [-0.39, 0.29) is 0 Å². The summed E-state index contributed by atoms with van der Waals surface area (Å²) >= 11 is 0. The van der Waals surface area contributed by atoms with Crippen LogP contribution in [0.1, 0.15) is 39.2 Å². The van der Waals surface area contributed by atoms with E-state index in [9.17, 15) is 8.78 Å². The summed E-state index contributed by atoms with van der Waals surface area (Å²) in [6.45, 7) is 10.0. The third kappa shape index (κ3) is 5.55. The second-order valence-electron chi connectivity index (χ2n) is 5.16. The van der Waals surface area contributed by atoms with Crippen molar-refractivity contribution in [1.29, 1.82) is 0 Å². The SMILES string of the molecule is CCN(CC)CCCC(C)NCc1cccc(F)c1F. The first-order valence-electron chi connectivity index (χ1n) is 7.47. The highest BCUT2D eigenvalue weighted by atomic mass is 19.2. The van der Waals surface area contributed by atoms with E-state index in [0.717, 1.165) is 38.5 Å². The third-order valence-corrected chi connectivity index (χ3v) is 3.68. The van der Waals surface area contributed by atoms with Gasteiger partial charge in [-0.3, -0.25) is 0 Å². The van der Waals surface area contributed by atoms with Gasteiger partial charge in [0.2, 0.25) is 0 Å². The van der Waals surface area contributed by atoms with Crippen LogP contribution in [0.25, 0.3) is 0 Å². The van der Waals surface area contributed by atoms with Gasteiger partial charge in [-0.05, 0) is 45.5 Å². The normalized spacial score (nSPS) is 12.9. The Balaban J connectivity index is 2.29. The number of rotatable bonds is 9. The highest BCUT2D eigenvalue weighted by molar-refractivity contribution is 5.18. The molecular formula is C16H26F2N2. The summed E-state index contributed by atoms with van der Waals surface area (Å²) in [6, 6.07) is 4.61. The summed E-state index contributed by atoms with van der Waals surface area (Å²) in [5.74, 6) is -1.52. The Hall–Kier alpha value is -1.00. The van der Waals surface area contributed by atoms with Crippen LogP contribution in [0.4, 0.5) is 8.78 Å². The molecular weight excluding hydrogens is 258 g/mol. The summed E-state index contributed by atoms with van der Waals surface area (Å²) in [4.78, 5) is 2.39. The van der Waals surface area contributed by atoms with Crippen LogP contribution in [-0.2, 0) is 6.54 Å². The van der Waals surface area contributed by atoms with Crippen molar-refractivity contribution in [2.24, 2.45) is 0 Å². The first-order chi connectivity index (χ1) is 9.58. The van der Waals surface area contributed by atoms with E-state index in [1.54, 1.807) is 12.1 Å². The molecule has 1 atom stereocenters. The topological polar surface area (TPSA) is 15.3 Å². The van der Waals surface area contributed by atoms with Gasteiger partial charge in [0.1, 0.15) is 0 Å². The number of nitrogens with zero attached hydrogens (tertiary/aromatic N) is 1. The molecule has 1 N–H and O–H groups in total. The van der Waals surface area contributed by atoms with E-state index in [2.05, 4.69) is 31.0 Å². The molecule has 0 aliphatic rings. The monoisotopic (exact) mass is 284 g/mol. The van der Waals surface area contributed by atoms with Crippen molar-refractivity contribution in [2.45, 2.75) is 46.2 Å². The molecule has 1 rings (SSSR count). The summed E-state index contributed by atoms with van der Waals surface area (Å²) in [7, 11) is 0. The molecule has 114 valence electrons. The summed E-state index contributed by atoms with van der Waals surface area (Å²) in [6.07, 6.45) is 2.15. The number of nitrogens with one attached hydrogen (secondary N) is 1. The molecule has 1 aromatic rings. The van der Waals surface area contributed by atoms with E-state index in [1.807, 2.05) is 0 Å². The predicted octanol–water partition coefficient (Wildman–Crippen LogP) is 3.56. The second kappa shape index (κ2) is 9.03. The molecule has 1 unspecified atom stereocenters. The van der Waals surface area contributed by atoms with Gasteiger partial charge in [-0.1, -0.05) is 26.0 Å². The Morgan fingerprint density at radius 2 is 1.90 bits per heavy atom. The van der Waals surface area contributed by atoms with Crippen molar-refractivity contribution >= 4 is 0 Å². The lowest BCUT2D eigenvalue weighted by molar-refractivity contribution is 0.290. The van der Waals surface area contributed by atoms with Gasteiger partial charge in [-0.15, -0.1) is 0 Å². The van der Waals surface area contributed by atoms with Crippen LogP contribution < -0.4 is 5.32 Å². The van der Waals surface area contributed by atoms with Crippen molar-refractivity contribution in [1.82, 2.24) is 10.2 Å². The summed E-state index contributed by atoms with van der Waals surface area (Å²) in [5.41, 5.74) is 0.389. The standard InChI is InChI=1S/C16H26F2N2/c1-4-20(5-2)11-7-8-13(3)19-12-14-9-6-10-15(17)16(14)18/h6,9-10,13,19H,4-5,7-8,11-12H2,1-3H3. The fraction of sp³-hybridized carbons (Fsp3) is 0.625. The van der Waals surface area contributed by atoms with Gasteiger partial charge in [-0.2, -0.15) is 0 Å². The van der Waals surface area contributed by atoms with Crippen LogP contribution >= 0.6 is 0 Å². The van der Waals surface area contributed by atoms with E-state index in [1.165, 1.54) is 0 Å². The summed E-state index contributed by atoms with van der Waals surface area (Å²) < 4.78 is 26.5. The third-order valence-electron chi connectivity index (χ3n) is 3.68. The fourth-order valence-corrected chi connectivity index (χ4v) is 2.23. The molecule has 20 heavy (non-hydrogen) atoms. The predicted molar refractivity (Wildman–Crippen MR) is 79.7 cm³/mol. The molecule has 0 bridgehead atoms. The largest absolute Gasteiger partial charge is 0.310 e. The van der Waals surface area contributed by atoms with Crippen molar-refractivity contribution in [3.63, 3.8) is 0 Å². The fourth-order valence-electron chi connectivity index (χ4n) is 2.23. The molecule has 0 aliphatic carbocycles. The Morgan fingerprint density at radius 3 is 2.55 bits per heavy atom. The minimum absolute atomic E-state index is 0.299. The lowest BCUT2D eigenvalue weighted by Crippen LogP contribution is -2.29. The molecule has 0 radical (unpaired) electrons. The molecule has 4 heteroatoms. The Kier molecular flexibility index (Phi) is 7.70. The molecule has 1 aromatic carbocycles. The zero-order valence-corrected chi connectivity index (χ0v) is 12.8. The number of benzene rings is 1. The molecule has 0 heterocycles. The minimum atomic E-state index is -0.779. The van der Waals surface area contributed by atoms with Gasteiger partial charge in [0.05, 0.1) is 0 Å². The average molecular weight is 284 g/mol. The molecule has 0 spiro atoms. The smallest absolute Gasteiger partial charge is 0.163 e. The van der Waals surface area contributed by atoms with E-state index < -0.39 is 11.6 Å². The maximum Gasteiger partial charge on any atom is 0.163 e. The van der Waals surface area contributed by atoms with Gasteiger partial charge < -0.3 is 10.2 Å². The highest BCUT2D eigenvalue weighted by Gasteiger charge is 2.09. The van der Waals surface area contributed by atoms with Crippen LogP contribution in [-0.4, -0.2) is 30.6 Å². The zero-order chi connectivity index (χ0) is 15.0. The van der Waals surface area contributed by atoms with Crippen LogP contribution in [0.3, 0.4) is 0 Å². The molecule has 0 aromatic heterocycles. The Labute approximate surface area is 121 Å². The molecule has 0 saturated heterocycles. The van der Waals surface area contributed by atoms with Crippen LogP contribution in [0.15, 0.2) is 18.2 Å². The number of halogens is 2. The van der Waals surface area contributed by atoms with Gasteiger partial charge in [0, 0.05) is 18.2 Å². The minimum Gasteiger partial charge on any atom is -0.310 e. The van der Waals surface area contributed by atoms with Crippen molar-refractivity contribution in [2.75, 3.05) is 19.6 Å². The molecule has 0 fully saturated rings. The zero-order valence-electron chi connectivity index (χ0n) is 12.8. The maximum absolute atomic E-state index is 13.5. The molecule has 0 amide bonds. The summed E-state index contributed by atoms with van der Waals surface area (Å²) in [5, 5.41) is 3.25. The van der Waals surface area contributed by atoms with Crippen molar-refractivity contribution in [3.05, 3.63) is 35.4 Å². The van der Waals surface area contributed by atoms with Gasteiger partial charge in [0.25, 0.3) is 0 Å². The number of hydrogen-bond donors (Lipinski definition) is 1. The van der Waals surface area contributed by atoms with E-state index >= 15 is 0 Å². The average Bonchev–Trinajstić information content (AvgIpc) is 2.45. The number of hydrogen-bond acceptors (Lipinski definition) is 2. The van der Waals surface area contributed by atoms with Crippen molar-refractivity contribution in [3.8, 4) is 0 Å². The van der Waals surface area contributed by atoms with Gasteiger partial charge in [0.15, 0.2) is 11.6 Å². The van der Waals surface area contributed by atoms with Crippen LogP contribution in [0.5, 0.6) is 0 Å². The first kappa shape index (κ1) is 17.1. The Bertz CT molecular complexity index is 392. The van der Waals surface area contributed by atoms with Gasteiger partial charge in [-0.25, -0.2) is 8.78 Å². The molecule has 0 saturated carbocycles. The quantitative estimate of drug-likeness (QED) is 0.746. The lowest BCUT2D eigenvalue weighted by atomic mass is 10.1. The van der Waals surface area contributed by atoms with E-state index in [4.69, 9.17) is 0 Å². The van der Waals surface area contributed by atoms with Gasteiger partial charge >= 0.3 is 0 Å². The van der Waals surface area contributed by atoms with Crippen molar-refractivity contribution < 1.29 is 8.78 Å². The maximum atomic E-state index is 13.5. The Morgan fingerprint density at radius 1 is 1.20 bits per heavy atom. The highest BCUT2D eigenvalue weighted by Crippen LogP contribution is 2.11. The van der Waals surface area contributed by atoms with Crippen LogP contribution in [0, 0.1) is 11.6 Å². The van der Waals surface area contributed by atoms with Crippen LogP contribution in [0.2, 0.25) is 0 Å². The van der Waals surface area contributed by atoms with E-state index in [0.29, 0.717) is 18.2 Å². The molecule has 0 aliphatic heterocycles.